The van der Waals surface area contributed by atoms with Crippen molar-refractivity contribution in [2.75, 3.05) is 6.54 Å². The van der Waals surface area contributed by atoms with E-state index in [0.717, 1.165) is 5.56 Å². The normalized spacial score (nSPS) is 20.4. The minimum absolute atomic E-state index is 0.171. The molecule has 1 aliphatic heterocycles. The molecule has 2 aromatic rings. The van der Waals surface area contributed by atoms with Crippen LogP contribution in [0.4, 0.5) is 4.39 Å². The highest BCUT2D eigenvalue weighted by Crippen LogP contribution is 2.33. The topological polar surface area (TPSA) is 66.3 Å². The van der Waals surface area contributed by atoms with Crippen LogP contribution in [0.15, 0.2) is 30.3 Å². The fourth-order valence-corrected chi connectivity index (χ4v) is 3.15. The Balaban J connectivity index is 1.95. The zero-order chi connectivity index (χ0) is 17.3. The Bertz CT molecular complexity index is 748. The molecular formula is C18H20FN3O2. The maximum Gasteiger partial charge on any atom is 0.256 e. The first-order valence-corrected chi connectivity index (χ1v) is 8.07. The van der Waals surface area contributed by atoms with E-state index >= 15 is 0 Å². The number of carbonyl (C=O) groups excluding carboxylic acids is 1. The number of aliphatic hydroxyl groups is 1. The highest BCUT2D eigenvalue weighted by Gasteiger charge is 2.36. The fourth-order valence-electron chi connectivity index (χ4n) is 3.15. The Morgan fingerprint density at radius 3 is 2.71 bits per heavy atom. The molecule has 0 unspecified atom stereocenters. The van der Waals surface area contributed by atoms with E-state index in [1.54, 1.807) is 30.0 Å². The van der Waals surface area contributed by atoms with Gasteiger partial charge in [0.1, 0.15) is 5.82 Å². The average Bonchev–Trinajstić information content (AvgIpc) is 2.96. The molecule has 0 bridgehead atoms. The molecule has 6 heteroatoms. The molecule has 2 atom stereocenters. The van der Waals surface area contributed by atoms with Gasteiger partial charge in [-0.1, -0.05) is 19.1 Å². The van der Waals surface area contributed by atoms with Crippen molar-refractivity contribution >= 4 is 5.91 Å². The average molecular weight is 329 g/mol. The number of benzene rings is 1. The van der Waals surface area contributed by atoms with E-state index in [1.807, 2.05) is 6.92 Å². The molecule has 1 aromatic heterocycles. The Morgan fingerprint density at radius 2 is 2.04 bits per heavy atom. The molecular weight excluding hydrogens is 309 g/mol. The summed E-state index contributed by atoms with van der Waals surface area (Å²) in [5.74, 6) is -0.492. The Hall–Kier alpha value is -2.34. The minimum atomic E-state index is -0.593. The third kappa shape index (κ3) is 3.14. The molecule has 1 aliphatic rings. The highest BCUT2D eigenvalue weighted by molar-refractivity contribution is 5.95. The molecule has 1 aromatic carbocycles. The third-order valence-corrected chi connectivity index (χ3v) is 4.35. The summed E-state index contributed by atoms with van der Waals surface area (Å²) < 4.78 is 13.2. The molecule has 0 aliphatic carbocycles. The van der Waals surface area contributed by atoms with Gasteiger partial charge in [0.15, 0.2) is 0 Å². The van der Waals surface area contributed by atoms with E-state index in [1.165, 1.54) is 12.1 Å². The van der Waals surface area contributed by atoms with Crippen molar-refractivity contribution in [1.29, 1.82) is 0 Å². The van der Waals surface area contributed by atoms with Crippen LogP contribution in [0.5, 0.6) is 0 Å². The number of rotatable bonds is 3. The van der Waals surface area contributed by atoms with Crippen molar-refractivity contribution in [3.8, 4) is 0 Å². The van der Waals surface area contributed by atoms with Gasteiger partial charge in [0.25, 0.3) is 5.91 Å². The van der Waals surface area contributed by atoms with E-state index in [0.29, 0.717) is 29.8 Å². The molecule has 24 heavy (non-hydrogen) atoms. The van der Waals surface area contributed by atoms with Crippen LogP contribution in [0.3, 0.4) is 0 Å². The van der Waals surface area contributed by atoms with Crippen molar-refractivity contribution in [1.82, 2.24) is 15.1 Å². The van der Waals surface area contributed by atoms with Crippen LogP contribution < -0.4 is 0 Å². The summed E-state index contributed by atoms with van der Waals surface area (Å²) >= 11 is 0. The lowest BCUT2D eigenvalue weighted by Gasteiger charge is -2.25. The van der Waals surface area contributed by atoms with E-state index in [2.05, 4.69) is 10.2 Å². The largest absolute Gasteiger partial charge is 0.391 e. The van der Waals surface area contributed by atoms with E-state index < -0.39 is 6.10 Å². The number of likely N-dealkylation sites (tertiary alicyclic amines) is 1. The van der Waals surface area contributed by atoms with Gasteiger partial charge >= 0.3 is 0 Å². The van der Waals surface area contributed by atoms with Crippen molar-refractivity contribution in [3.05, 3.63) is 58.7 Å². The maximum atomic E-state index is 13.2. The number of carbonyl (C=O) groups is 1. The van der Waals surface area contributed by atoms with Gasteiger partial charge in [-0.3, -0.25) is 4.79 Å². The quantitative estimate of drug-likeness (QED) is 0.939. The van der Waals surface area contributed by atoms with Gasteiger partial charge in [0, 0.05) is 6.54 Å². The standard InChI is InChI=1S/C18H20FN3O2/c1-3-16-15(8-11(2)20-21-16)18(24)22-10-14(23)9-17(22)12-4-6-13(19)7-5-12/h4-8,14,17,23H,3,9-10H2,1-2H3/t14-,17-/m1/s1. The number of halogens is 1. The zero-order valence-electron chi connectivity index (χ0n) is 13.7. The summed E-state index contributed by atoms with van der Waals surface area (Å²) in [6.07, 6.45) is 0.451. The van der Waals surface area contributed by atoms with Crippen LogP contribution in [-0.2, 0) is 6.42 Å². The molecule has 5 nitrogen and oxygen atoms in total. The summed E-state index contributed by atoms with van der Waals surface area (Å²) in [7, 11) is 0. The van der Waals surface area contributed by atoms with E-state index in [9.17, 15) is 14.3 Å². The second-order valence-corrected chi connectivity index (χ2v) is 6.11. The van der Waals surface area contributed by atoms with Crippen molar-refractivity contribution < 1.29 is 14.3 Å². The SMILES string of the molecule is CCc1nnc(C)cc1C(=O)N1C[C@H](O)C[C@@H]1c1ccc(F)cc1. The number of aryl methyl sites for hydroxylation is 2. The first-order chi connectivity index (χ1) is 11.5. The van der Waals surface area contributed by atoms with Gasteiger partial charge in [-0.05, 0) is 43.5 Å². The van der Waals surface area contributed by atoms with E-state index in [-0.39, 0.29) is 24.3 Å². The number of β-amino-alcohol motifs (C(OH)–C–C–N with tert-alkyl or cyclic N) is 1. The molecule has 0 saturated carbocycles. The fraction of sp³-hybridized carbons (Fsp3) is 0.389. The summed E-state index contributed by atoms with van der Waals surface area (Å²) in [6.45, 7) is 3.97. The Morgan fingerprint density at radius 1 is 1.33 bits per heavy atom. The lowest BCUT2D eigenvalue weighted by Crippen LogP contribution is -2.32. The van der Waals surface area contributed by atoms with Crippen molar-refractivity contribution in [2.45, 2.75) is 38.8 Å². The van der Waals surface area contributed by atoms with E-state index in [4.69, 9.17) is 0 Å². The maximum absolute atomic E-state index is 13.2. The molecule has 1 amide bonds. The van der Waals surface area contributed by atoms with Crippen LogP contribution in [0, 0.1) is 12.7 Å². The molecule has 2 heterocycles. The number of nitrogens with zero attached hydrogens (tertiary/aromatic N) is 3. The predicted molar refractivity (Wildman–Crippen MR) is 86.9 cm³/mol. The van der Waals surface area contributed by atoms with Gasteiger partial charge in [-0.25, -0.2) is 4.39 Å². The molecule has 1 N–H and O–H groups in total. The van der Waals surface area contributed by atoms with Gasteiger partial charge in [-0.2, -0.15) is 10.2 Å². The molecule has 1 fully saturated rings. The third-order valence-electron chi connectivity index (χ3n) is 4.35. The summed E-state index contributed by atoms with van der Waals surface area (Å²) in [5.41, 5.74) is 2.66. The number of aromatic nitrogens is 2. The highest BCUT2D eigenvalue weighted by atomic mass is 19.1. The predicted octanol–water partition coefficient (Wildman–Crippen LogP) is 2.43. The lowest BCUT2D eigenvalue weighted by molar-refractivity contribution is 0.0713. The monoisotopic (exact) mass is 329 g/mol. The van der Waals surface area contributed by atoms with Gasteiger partial charge < -0.3 is 10.0 Å². The van der Waals surface area contributed by atoms with Crippen LogP contribution in [-0.4, -0.2) is 38.8 Å². The van der Waals surface area contributed by atoms with Crippen LogP contribution in [0.25, 0.3) is 0 Å². The second-order valence-electron chi connectivity index (χ2n) is 6.11. The lowest BCUT2D eigenvalue weighted by atomic mass is 10.0. The molecule has 3 rings (SSSR count). The van der Waals surface area contributed by atoms with Gasteiger partial charge in [-0.15, -0.1) is 0 Å². The molecule has 0 spiro atoms. The van der Waals surface area contributed by atoms with Gasteiger partial charge in [0.2, 0.25) is 0 Å². The summed E-state index contributed by atoms with van der Waals surface area (Å²) in [6, 6.07) is 7.53. The smallest absolute Gasteiger partial charge is 0.256 e. The molecule has 1 saturated heterocycles. The Labute approximate surface area is 140 Å². The molecule has 126 valence electrons. The first-order valence-electron chi connectivity index (χ1n) is 8.07. The van der Waals surface area contributed by atoms with Crippen molar-refractivity contribution in [3.63, 3.8) is 0 Å². The summed E-state index contributed by atoms with van der Waals surface area (Å²) in [5, 5.41) is 18.2. The number of hydrogen-bond donors (Lipinski definition) is 1. The van der Waals surface area contributed by atoms with Crippen molar-refractivity contribution in [2.24, 2.45) is 0 Å². The molecule has 0 radical (unpaired) electrons. The zero-order valence-corrected chi connectivity index (χ0v) is 13.7. The number of aliphatic hydroxyl groups excluding tert-OH is 1. The van der Waals surface area contributed by atoms with Gasteiger partial charge in [0.05, 0.1) is 29.1 Å². The van der Waals surface area contributed by atoms with Crippen LogP contribution in [0.2, 0.25) is 0 Å². The summed E-state index contributed by atoms with van der Waals surface area (Å²) in [4.78, 5) is 14.7. The number of amides is 1. The first kappa shape index (κ1) is 16.5. The van der Waals surface area contributed by atoms with Crippen LogP contribution in [0.1, 0.15) is 46.7 Å². The number of hydrogen-bond acceptors (Lipinski definition) is 4. The minimum Gasteiger partial charge on any atom is -0.391 e. The Kier molecular flexibility index (Phi) is 4.57. The van der Waals surface area contributed by atoms with Crippen LogP contribution >= 0.6 is 0 Å². The second kappa shape index (κ2) is 6.65.